The van der Waals surface area contributed by atoms with Crippen LogP contribution in [0.5, 0.6) is 0 Å². The third-order valence-corrected chi connectivity index (χ3v) is 5.07. The van der Waals surface area contributed by atoms with Crippen molar-refractivity contribution in [2.24, 2.45) is 10.9 Å². The average molecular weight is 473 g/mol. The number of aromatic nitrogens is 1. The Labute approximate surface area is 174 Å². The SMILES string of the molecule is CN=C(NCc1ccnc(N2CCCCC2)c1)N(C)CC1CCOC1.I. The molecule has 2 saturated heterocycles. The summed E-state index contributed by atoms with van der Waals surface area (Å²) in [6.07, 6.45) is 6.94. The number of nitrogens with one attached hydrogen (secondary N) is 1. The molecule has 0 spiro atoms. The number of aliphatic imine (C=N–C) groups is 1. The topological polar surface area (TPSA) is 53.0 Å². The molecule has 1 unspecified atom stereocenters. The number of guanidine groups is 1. The second-order valence-electron chi connectivity index (χ2n) is 7.08. The molecule has 2 fully saturated rings. The van der Waals surface area contributed by atoms with E-state index in [9.17, 15) is 0 Å². The predicted octanol–water partition coefficient (Wildman–Crippen LogP) is 2.73. The molecule has 1 N–H and O–H groups in total. The van der Waals surface area contributed by atoms with E-state index in [4.69, 9.17) is 4.74 Å². The predicted molar refractivity (Wildman–Crippen MR) is 117 cm³/mol. The molecule has 3 rings (SSSR count). The smallest absolute Gasteiger partial charge is 0.193 e. The van der Waals surface area contributed by atoms with Crippen molar-refractivity contribution in [3.05, 3.63) is 23.9 Å². The first kappa shape index (κ1) is 21.2. The zero-order valence-electron chi connectivity index (χ0n) is 16.0. The summed E-state index contributed by atoms with van der Waals surface area (Å²) in [4.78, 5) is 13.6. The summed E-state index contributed by atoms with van der Waals surface area (Å²) in [6.45, 7) is 5.75. The number of rotatable bonds is 5. The highest BCUT2D eigenvalue weighted by Crippen LogP contribution is 2.18. The van der Waals surface area contributed by atoms with Crippen molar-refractivity contribution >= 4 is 35.8 Å². The number of ether oxygens (including phenoxy) is 1. The molecular weight excluding hydrogens is 441 g/mol. The van der Waals surface area contributed by atoms with Gasteiger partial charge >= 0.3 is 0 Å². The van der Waals surface area contributed by atoms with Crippen LogP contribution >= 0.6 is 24.0 Å². The molecule has 0 aromatic carbocycles. The van der Waals surface area contributed by atoms with Crippen LogP contribution in [-0.2, 0) is 11.3 Å². The normalized spacial score (nSPS) is 20.6. The van der Waals surface area contributed by atoms with E-state index in [2.05, 4.69) is 44.3 Å². The quantitative estimate of drug-likeness (QED) is 0.405. The first-order valence-corrected chi connectivity index (χ1v) is 9.45. The summed E-state index contributed by atoms with van der Waals surface area (Å²) in [5.41, 5.74) is 1.24. The van der Waals surface area contributed by atoms with Crippen molar-refractivity contribution in [3.8, 4) is 0 Å². The van der Waals surface area contributed by atoms with Gasteiger partial charge in [-0.15, -0.1) is 24.0 Å². The highest BCUT2D eigenvalue weighted by Gasteiger charge is 2.19. The van der Waals surface area contributed by atoms with E-state index in [1.807, 2.05) is 13.2 Å². The van der Waals surface area contributed by atoms with Crippen molar-refractivity contribution in [2.75, 3.05) is 51.8 Å². The molecule has 0 radical (unpaired) electrons. The number of halogens is 1. The van der Waals surface area contributed by atoms with Crippen molar-refractivity contribution in [1.82, 2.24) is 15.2 Å². The highest BCUT2D eigenvalue weighted by atomic mass is 127. The summed E-state index contributed by atoms with van der Waals surface area (Å²) >= 11 is 0. The lowest BCUT2D eigenvalue weighted by molar-refractivity contribution is 0.181. The van der Waals surface area contributed by atoms with Crippen molar-refractivity contribution in [3.63, 3.8) is 0 Å². The summed E-state index contributed by atoms with van der Waals surface area (Å²) in [7, 11) is 3.94. The molecule has 0 aliphatic carbocycles. The lowest BCUT2D eigenvalue weighted by Gasteiger charge is -2.28. The molecule has 0 bridgehead atoms. The second kappa shape index (κ2) is 10.9. The molecular formula is C19H32IN5O. The fourth-order valence-corrected chi connectivity index (χ4v) is 3.63. The van der Waals surface area contributed by atoms with Gasteiger partial charge in [-0.2, -0.15) is 0 Å². The first-order chi connectivity index (χ1) is 12.3. The minimum absolute atomic E-state index is 0. The van der Waals surface area contributed by atoms with Crippen molar-refractivity contribution in [1.29, 1.82) is 0 Å². The Kier molecular flexibility index (Phi) is 8.90. The second-order valence-corrected chi connectivity index (χ2v) is 7.08. The Balaban J connectivity index is 0.00000243. The number of hydrogen-bond acceptors (Lipinski definition) is 4. The molecule has 6 nitrogen and oxygen atoms in total. The molecule has 1 aromatic heterocycles. The largest absolute Gasteiger partial charge is 0.381 e. The van der Waals surface area contributed by atoms with Crippen LogP contribution in [0, 0.1) is 5.92 Å². The number of anilines is 1. The summed E-state index contributed by atoms with van der Waals surface area (Å²) in [6, 6.07) is 4.29. The lowest BCUT2D eigenvalue weighted by Crippen LogP contribution is -2.41. The standard InChI is InChI=1S/C19H31N5O.HI/c1-20-19(23(2)14-17-7-11-25-15-17)22-13-16-6-8-21-18(12-16)24-9-4-3-5-10-24;/h6,8,12,17H,3-5,7,9-11,13-15H2,1-2H3,(H,20,22);1H. The van der Waals surface area contributed by atoms with Gasteiger partial charge in [0.25, 0.3) is 0 Å². The molecule has 146 valence electrons. The minimum Gasteiger partial charge on any atom is -0.381 e. The zero-order valence-corrected chi connectivity index (χ0v) is 18.3. The van der Waals surface area contributed by atoms with E-state index >= 15 is 0 Å². The lowest BCUT2D eigenvalue weighted by atomic mass is 10.1. The van der Waals surface area contributed by atoms with E-state index in [1.165, 1.54) is 24.8 Å². The third kappa shape index (κ3) is 5.97. The Morgan fingerprint density at radius 3 is 2.88 bits per heavy atom. The Morgan fingerprint density at radius 2 is 2.19 bits per heavy atom. The van der Waals surface area contributed by atoms with E-state index in [0.717, 1.165) is 57.6 Å². The number of piperidine rings is 1. The molecule has 1 aromatic rings. The molecule has 2 aliphatic rings. The van der Waals surface area contributed by atoms with Gasteiger partial charge in [-0.25, -0.2) is 4.98 Å². The van der Waals surface area contributed by atoms with Gasteiger partial charge in [-0.3, -0.25) is 4.99 Å². The van der Waals surface area contributed by atoms with Crippen LogP contribution in [0.2, 0.25) is 0 Å². The van der Waals surface area contributed by atoms with Gasteiger partial charge in [-0.05, 0) is 43.4 Å². The van der Waals surface area contributed by atoms with Crippen LogP contribution in [0.1, 0.15) is 31.2 Å². The minimum atomic E-state index is 0. The molecule has 26 heavy (non-hydrogen) atoms. The van der Waals surface area contributed by atoms with E-state index < -0.39 is 0 Å². The fourth-order valence-electron chi connectivity index (χ4n) is 3.63. The average Bonchev–Trinajstić information content (AvgIpc) is 3.16. The molecule has 2 aliphatic heterocycles. The molecule has 3 heterocycles. The van der Waals surface area contributed by atoms with Gasteiger partial charge in [-0.1, -0.05) is 0 Å². The van der Waals surface area contributed by atoms with Crippen LogP contribution in [0.3, 0.4) is 0 Å². The third-order valence-electron chi connectivity index (χ3n) is 5.07. The monoisotopic (exact) mass is 473 g/mol. The molecule has 1 atom stereocenters. The van der Waals surface area contributed by atoms with E-state index in [0.29, 0.717) is 5.92 Å². The number of pyridine rings is 1. The van der Waals surface area contributed by atoms with Gasteiger partial charge in [0.2, 0.25) is 0 Å². The maximum Gasteiger partial charge on any atom is 0.193 e. The van der Waals surface area contributed by atoms with Gasteiger partial charge in [0.15, 0.2) is 5.96 Å². The maximum absolute atomic E-state index is 5.47. The summed E-state index contributed by atoms with van der Waals surface area (Å²) < 4.78 is 5.47. The Hall–Kier alpha value is -1.09. The van der Waals surface area contributed by atoms with E-state index in [1.54, 1.807) is 0 Å². The zero-order chi connectivity index (χ0) is 17.5. The highest BCUT2D eigenvalue weighted by molar-refractivity contribution is 14.0. The number of nitrogens with zero attached hydrogens (tertiary/aromatic N) is 4. The van der Waals surface area contributed by atoms with Gasteiger partial charge < -0.3 is 19.9 Å². The van der Waals surface area contributed by atoms with Crippen LogP contribution < -0.4 is 10.2 Å². The molecule has 0 saturated carbocycles. The first-order valence-electron chi connectivity index (χ1n) is 9.45. The van der Waals surface area contributed by atoms with Crippen LogP contribution in [0.4, 0.5) is 5.82 Å². The van der Waals surface area contributed by atoms with Crippen molar-refractivity contribution < 1.29 is 4.74 Å². The number of hydrogen-bond donors (Lipinski definition) is 1. The van der Waals surface area contributed by atoms with Crippen LogP contribution in [0.25, 0.3) is 0 Å². The van der Waals surface area contributed by atoms with Gasteiger partial charge in [0.1, 0.15) is 5.82 Å². The van der Waals surface area contributed by atoms with E-state index in [-0.39, 0.29) is 24.0 Å². The fraction of sp³-hybridized carbons (Fsp3) is 0.684. The maximum atomic E-state index is 5.47. The summed E-state index contributed by atoms with van der Waals surface area (Å²) in [5.74, 6) is 2.64. The summed E-state index contributed by atoms with van der Waals surface area (Å²) in [5, 5.41) is 3.48. The Morgan fingerprint density at radius 1 is 1.38 bits per heavy atom. The van der Waals surface area contributed by atoms with Gasteiger partial charge in [0, 0.05) is 59.0 Å². The molecule has 0 amide bonds. The van der Waals surface area contributed by atoms with Crippen molar-refractivity contribution in [2.45, 2.75) is 32.2 Å². The van der Waals surface area contributed by atoms with Gasteiger partial charge in [0.05, 0.1) is 6.61 Å². The van der Waals surface area contributed by atoms with Crippen LogP contribution in [-0.4, -0.2) is 62.8 Å². The Bertz CT molecular complexity index is 571. The van der Waals surface area contributed by atoms with Crippen LogP contribution in [0.15, 0.2) is 23.3 Å². The molecule has 7 heteroatoms.